The average Bonchev–Trinajstić information content (AvgIpc) is 3.06. The Hall–Kier alpha value is -5.44. The van der Waals surface area contributed by atoms with Crippen LogP contribution in [0.4, 0.5) is 0 Å². The van der Waals surface area contributed by atoms with E-state index in [0.29, 0.717) is 5.92 Å². The fourth-order valence-corrected chi connectivity index (χ4v) is 6.44. The first-order valence-corrected chi connectivity index (χ1v) is 14.5. The van der Waals surface area contributed by atoms with Crippen LogP contribution >= 0.6 is 0 Å². The van der Waals surface area contributed by atoms with Crippen molar-refractivity contribution in [3.63, 3.8) is 0 Å². The lowest BCUT2D eigenvalue weighted by atomic mass is 9.80. The van der Waals surface area contributed by atoms with E-state index < -0.39 is 0 Å². The molecule has 5 aromatic carbocycles. The maximum atomic E-state index is 4.13. The molecule has 0 amide bonds. The first-order chi connectivity index (χ1) is 20.8. The van der Waals surface area contributed by atoms with Crippen molar-refractivity contribution in [1.29, 1.82) is 0 Å². The van der Waals surface area contributed by atoms with Gasteiger partial charge in [0, 0.05) is 47.4 Å². The van der Waals surface area contributed by atoms with E-state index in [1.165, 1.54) is 54.2 Å². The van der Waals surface area contributed by atoms with Crippen molar-refractivity contribution in [3.05, 3.63) is 144 Å². The summed E-state index contributed by atoms with van der Waals surface area (Å²) >= 11 is 0. The summed E-state index contributed by atoms with van der Waals surface area (Å²) in [6.45, 7) is 0. The molecule has 0 bridgehead atoms. The quantitative estimate of drug-likeness (QED) is 0.144. The number of hydrogen-bond donors (Lipinski definition) is 0. The fourth-order valence-electron chi connectivity index (χ4n) is 6.44. The van der Waals surface area contributed by atoms with Gasteiger partial charge >= 0.3 is 0 Å². The summed E-state index contributed by atoms with van der Waals surface area (Å²) in [6, 6.07) is 32.7. The molecule has 8 rings (SSSR count). The van der Waals surface area contributed by atoms with Crippen LogP contribution in [0.2, 0.25) is 0 Å². The second-order valence-corrected chi connectivity index (χ2v) is 11.1. The summed E-state index contributed by atoms with van der Waals surface area (Å²) in [6.07, 6.45) is 10.3. The molecule has 2 heterocycles. The molecule has 1 unspecified atom stereocenters. The highest BCUT2D eigenvalue weighted by atomic mass is 14.6. The topological polar surface area (TPSA) is 25.8 Å². The first kappa shape index (κ1) is 24.4. The van der Waals surface area contributed by atoms with E-state index in [4.69, 9.17) is 0 Å². The number of fused-ring (bicyclic) bond motifs is 9. The standard InChI is InChI=1S/C40H26N2/c1(27-17-21-41-22-18-27)3-29-5-7-31-9-11-33-13-15-35-16-14-34-12-10-32-8-6-30(4-2-28-19-23-42-24-20-28)26-37(32)39(34)40(35)38(33)36(31)25-29/h5,7,9-25,30H,6,8,26H2. The second-order valence-electron chi connectivity index (χ2n) is 11.1. The van der Waals surface area contributed by atoms with E-state index in [0.717, 1.165) is 36.0 Å². The van der Waals surface area contributed by atoms with Crippen molar-refractivity contribution >= 4 is 43.1 Å². The Balaban J connectivity index is 1.35. The van der Waals surface area contributed by atoms with Gasteiger partial charge in [-0.15, -0.1) is 0 Å². The molecule has 2 aromatic heterocycles. The monoisotopic (exact) mass is 534 g/mol. The third-order valence-electron chi connectivity index (χ3n) is 8.51. The normalized spacial score (nSPS) is 14.2. The third-order valence-corrected chi connectivity index (χ3v) is 8.51. The molecule has 0 aliphatic heterocycles. The van der Waals surface area contributed by atoms with Gasteiger partial charge < -0.3 is 0 Å². The van der Waals surface area contributed by atoms with Gasteiger partial charge in [-0.25, -0.2) is 0 Å². The predicted molar refractivity (Wildman–Crippen MR) is 173 cm³/mol. The smallest absolute Gasteiger partial charge is 0.0280 e. The number of benzene rings is 5. The predicted octanol–water partition coefficient (Wildman–Crippen LogP) is 8.65. The number of pyridine rings is 2. The Morgan fingerprint density at radius 2 is 1.10 bits per heavy atom. The van der Waals surface area contributed by atoms with Gasteiger partial charge in [0.2, 0.25) is 0 Å². The van der Waals surface area contributed by atoms with E-state index in [-0.39, 0.29) is 0 Å². The lowest BCUT2D eigenvalue weighted by Gasteiger charge is -2.24. The molecular formula is C40H26N2. The molecule has 1 atom stereocenters. The second kappa shape index (κ2) is 10.2. The van der Waals surface area contributed by atoms with Crippen molar-refractivity contribution in [3.8, 4) is 23.7 Å². The van der Waals surface area contributed by atoms with Crippen LogP contribution in [-0.2, 0) is 12.8 Å². The molecule has 0 saturated carbocycles. The Morgan fingerprint density at radius 3 is 1.83 bits per heavy atom. The lowest BCUT2D eigenvalue weighted by Crippen LogP contribution is -2.13. The van der Waals surface area contributed by atoms with Crippen LogP contribution in [-0.4, -0.2) is 9.97 Å². The van der Waals surface area contributed by atoms with Crippen molar-refractivity contribution in [2.24, 2.45) is 5.92 Å². The van der Waals surface area contributed by atoms with Crippen LogP contribution in [0.5, 0.6) is 0 Å². The van der Waals surface area contributed by atoms with Gasteiger partial charge in [0.25, 0.3) is 0 Å². The summed E-state index contributed by atoms with van der Waals surface area (Å²) in [5.74, 6) is 14.0. The van der Waals surface area contributed by atoms with Crippen LogP contribution in [0.3, 0.4) is 0 Å². The van der Waals surface area contributed by atoms with E-state index in [1.807, 2.05) is 36.7 Å². The highest BCUT2D eigenvalue weighted by molar-refractivity contribution is 6.28. The maximum Gasteiger partial charge on any atom is 0.0280 e. The van der Waals surface area contributed by atoms with E-state index in [1.54, 1.807) is 12.4 Å². The Bertz CT molecular complexity index is 2270. The molecule has 1 aliphatic carbocycles. The largest absolute Gasteiger partial charge is 0.265 e. The van der Waals surface area contributed by atoms with Crippen molar-refractivity contribution in [2.45, 2.75) is 19.3 Å². The minimum atomic E-state index is 0.327. The van der Waals surface area contributed by atoms with Crippen molar-refractivity contribution in [2.75, 3.05) is 0 Å². The Labute approximate surface area is 245 Å². The molecule has 0 N–H and O–H groups in total. The molecule has 196 valence electrons. The van der Waals surface area contributed by atoms with E-state index in [9.17, 15) is 0 Å². The molecular weight excluding hydrogens is 508 g/mol. The van der Waals surface area contributed by atoms with Crippen molar-refractivity contribution < 1.29 is 0 Å². The molecule has 7 aromatic rings. The Morgan fingerprint density at radius 1 is 0.524 bits per heavy atom. The maximum absolute atomic E-state index is 4.13. The first-order valence-electron chi connectivity index (χ1n) is 14.5. The van der Waals surface area contributed by atoms with Crippen LogP contribution in [0.1, 0.15) is 34.2 Å². The minimum absolute atomic E-state index is 0.327. The summed E-state index contributed by atoms with van der Waals surface area (Å²) < 4.78 is 0. The molecule has 42 heavy (non-hydrogen) atoms. The molecule has 0 spiro atoms. The number of aryl methyl sites for hydroxylation is 1. The van der Waals surface area contributed by atoms with Crippen LogP contribution in [0, 0.1) is 29.6 Å². The molecule has 1 aliphatic rings. The highest BCUT2D eigenvalue weighted by Crippen LogP contribution is 2.41. The third kappa shape index (κ3) is 4.35. The highest BCUT2D eigenvalue weighted by Gasteiger charge is 2.21. The van der Waals surface area contributed by atoms with Gasteiger partial charge in [0.1, 0.15) is 0 Å². The zero-order valence-electron chi connectivity index (χ0n) is 23.1. The summed E-state index contributed by atoms with van der Waals surface area (Å²) in [5, 5.41) is 10.3. The molecule has 0 saturated heterocycles. The SMILES string of the molecule is C(#Cc1ccc2ccc3ccc4ccc5ccc6c(c5c4c3c2c1)CC(C#Cc1ccncc1)CC6)c1ccncc1. The number of nitrogens with zero attached hydrogens (tertiary/aromatic N) is 2. The summed E-state index contributed by atoms with van der Waals surface area (Å²) in [5.41, 5.74) is 5.92. The van der Waals surface area contributed by atoms with Gasteiger partial charge in [-0.05, 0) is 110 Å². The minimum Gasteiger partial charge on any atom is -0.265 e. The molecule has 0 fully saturated rings. The summed E-state index contributed by atoms with van der Waals surface area (Å²) in [7, 11) is 0. The van der Waals surface area contributed by atoms with Crippen LogP contribution in [0.25, 0.3) is 43.1 Å². The fraction of sp³-hybridized carbons (Fsp3) is 0.100. The van der Waals surface area contributed by atoms with Gasteiger partial charge in [-0.2, -0.15) is 0 Å². The molecule has 2 nitrogen and oxygen atoms in total. The molecule has 2 heteroatoms. The zero-order chi connectivity index (χ0) is 27.9. The Kier molecular flexibility index (Phi) is 5.91. The summed E-state index contributed by atoms with van der Waals surface area (Å²) in [4.78, 5) is 8.24. The lowest BCUT2D eigenvalue weighted by molar-refractivity contribution is 0.574. The van der Waals surface area contributed by atoms with Crippen LogP contribution < -0.4 is 0 Å². The van der Waals surface area contributed by atoms with Gasteiger partial charge in [-0.1, -0.05) is 78.3 Å². The number of rotatable bonds is 0. The van der Waals surface area contributed by atoms with E-state index >= 15 is 0 Å². The molecule has 0 radical (unpaired) electrons. The van der Waals surface area contributed by atoms with Gasteiger partial charge in [0.05, 0.1) is 0 Å². The number of hydrogen-bond acceptors (Lipinski definition) is 2. The van der Waals surface area contributed by atoms with E-state index in [2.05, 4.69) is 100 Å². The number of aromatic nitrogens is 2. The zero-order valence-corrected chi connectivity index (χ0v) is 23.1. The van der Waals surface area contributed by atoms with Gasteiger partial charge in [-0.3, -0.25) is 9.97 Å². The van der Waals surface area contributed by atoms with Gasteiger partial charge in [0.15, 0.2) is 0 Å². The average molecular weight is 535 g/mol. The van der Waals surface area contributed by atoms with Crippen LogP contribution in [0.15, 0.2) is 116 Å². The van der Waals surface area contributed by atoms with Crippen molar-refractivity contribution in [1.82, 2.24) is 9.97 Å².